The highest BCUT2D eigenvalue weighted by atomic mass is 16.3. The molecule has 0 fully saturated rings. The van der Waals surface area contributed by atoms with Crippen molar-refractivity contribution in [1.82, 2.24) is 0 Å². The smallest absolute Gasteiger partial charge is 0.115 e. The van der Waals surface area contributed by atoms with Gasteiger partial charge in [-0.2, -0.15) is 0 Å². The number of phenols is 2. The molecule has 4 N–H and O–H groups in total. The standard InChI is InChI=1S/C7H9N.C6H6O2/c1-6-4-2-3-5-7(6)8;7-5-1-2-6(8)4-3-5/h2-5H,8H2,1H3;1-4,7-8H. The summed E-state index contributed by atoms with van der Waals surface area (Å²) >= 11 is 0. The molecule has 16 heavy (non-hydrogen) atoms. The second-order valence-corrected chi connectivity index (χ2v) is 3.37. The third-order valence-corrected chi connectivity index (χ3v) is 2.04. The lowest BCUT2D eigenvalue weighted by Gasteiger charge is -1.93. The zero-order valence-corrected chi connectivity index (χ0v) is 9.09. The number of aromatic hydroxyl groups is 2. The van der Waals surface area contributed by atoms with Crippen molar-refractivity contribution >= 4 is 5.69 Å². The maximum Gasteiger partial charge on any atom is 0.115 e. The molecule has 0 atom stereocenters. The van der Waals surface area contributed by atoms with Gasteiger partial charge in [-0.1, -0.05) is 18.2 Å². The normalized spacial score (nSPS) is 9.06. The summed E-state index contributed by atoms with van der Waals surface area (Å²) in [5, 5.41) is 17.3. The molecule has 0 aromatic heterocycles. The number of nitrogen functional groups attached to an aromatic ring is 1. The van der Waals surface area contributed by atoms with Gasteiger partial charge in [-0.05, 0) is 42.8 Å². The van der Waals surface area contributed by atoms with E-state index in [0.717, 1.165) is 11.3 Å². The number of benzene rings is 2. The summed E-state index contributed by atoms with van der Waals surface area (Å²) in [6.07, 6.45) is 0. The van der Waals surface area contributed by atoms with Crippen LogP contribution in [0.5, 0.6) is 11.5 Å². The number of para-hydroxylation sites is 1. The summed E-state index contributed by atoms with van der Waals surface area (Å²) in [6.45, 7) is 2.00. The Morgan fingerprint density at radius 3 is 1.56 bits per heavy atom. The molecular formula is C13H15NO2. The third kappa shape index (κ3) is 3.92. The van der Waals surface area contributed by atoms with E-state index < -0.39 is 0 Å². The zero-order chi connectivity index (χ0) is 12.0. The van der Waals surface area contributed by atoms with Crippen LogP contribution < -0.4 is 5.73 Å². The molecule has 3 nitrogen and oxygen atoms in total. The van der Waals surface area contributed by atoms with Gasteiger partial charge in [0.05, 0.1) is 0 Å². The first-order valence-electron chi connectivity index (χ1n) is 4.88. The van der Waals surface area contributed by atoms with Gasteiger partial charge in [-0.25, -0.2) is 0 Å². The minimum absolute atomic E-state index is 0.169. The van der Waals surface area contributed by atoms with Crippen molar-refractivity contribution < 1.29 is 10.2 Å². The molecule has 2 rings (SSSR count). The first kappa shape index (κ1) is 11.9. The Labute approximate surface area is 94.8 Å². The third-order valence-electron chi connectivity index (χ3n) is 2.04. The van der Waals surface area contributed by atoms with E-state index in [0.29, 0.717) is 0 Å². The van der Waals surface area contributed by atoms with Crippen LogP contribution in [0.3, 0.4) is 0 Å². The second kappa shape index (κ2) is 5.66. The van der Waals surface area contributed by atoms with E-state index >= 15 is 0 Å². The summed E-state index contributed by atoms with van der Waals surface area (Å²) in [4.78, 5) is 0. The van der Waals surface area contributed by atoms with Gasteiger partial charge in [0, 0.05) is 5.69 Å². The Kier molecular flexibility index (Phi) is 4.21. The molecule has 0 heterocycles. The van der Waals surface area contributed by atoms with Crippen molar-refractivity contribution in [1.29, 1.82) is 0 Å². The Bertz CT molecular complexity index is 396. The van der Waals surface area contributed by atoms with E-state index in [9.17, 15) is 0 Å². The second-order valence-electron chi connectivity index (χ2n) is 3.37. The fourth-order valence-corrected chi connectivity index (χ4v) is 1.04. The Hall–Kier alpha value is -2.16. The summed E-state index contributed by atoms with van der Waals surface area (Å²) in [7, 11) is 0. The zero-order valence-electron chi connectivity index (χ0n) is 9.09. The van der Waals surface area contributed by atoms with Gasteiger partial charge >= 0.3 is 0 Å². The van der Waals surface area contributed by atoms with Gasteiger partial charge in [0.15, 0.2) is 0 Å². The van der Waals surface area contributed by atoms with E-state index in [2.05, 4.69) is 0 Å². The monoisotopic (exact) mass is 217 g/mol. The van der Waals surface area contributed by atoms with Gasteiger partial charge in [0.25, 0.3) is 0 Å². The number of rotatable bonds is 0. The van der Waals surface area contributed by atoms with Crippen LogP contribution in [0.25, 0.3) is 0 Å². The molecule has 0 bridgehead atoms. The van der Waals surface area contributed by atoms with Crippen LogP contribution in [0.15, 0.2) is 48.5 Å². The van der Waals surface area contributed by atoms with Gasteiger partial charge in [0.1, 0.15) is 11.5 Å². The molecule has 0 saturated carbocycles. The molecule has 0 radical (unpaired) electrons. The molecule has 0 aliphatic carbocycles. The minimum Gasteiger partial charge on any atom is -0.508 e. The fourth-order valence-electron chi connectivity index (χ4n) is 1.04. The molecule has 84 valence electrons. The Morgan fingerprint density at radius 2 is 1.25 bits per heavy atom. The maximum absolute atomic E-state index is 8.65. The molecule has 0 saturated heterocycles. The van der Waals surface area contributed by atoms with Crippen LogP contribution in [0.1, 0.15) is 5.56 Å². The maximum atomic E-state index is 8.65. The van der Waals surface area contributed by atoms with E-state index in [1.165, 1.54) is 24.3 Å². The summed E-state index contributed by atoms with van der Waals surface area (Å²) in [5.74, 6) is 0.339. The predicted octanol–water partition coefficient (Wildman–Crippen LogP) is 2.68. The quantitative estimate of drug-likeness (QED) is 0.469. The summed E-state index contributed by atoms with van der Waals surface area (Å²) in [6, 6.07) is 13.5. The lowest BCUT2D eigenvalue weighted by atomic mass is 10.2. The average Bonchev–Trinajstić information content (AvgIpc) is 2.28. The van der Waals surface area contributed by atoms with Crippen molar-refractivity contribution in [2.45, 2.75) is 6.92 Å². The van der Waals surface area contributed by atoms with E-state index in [1.54, 1.807) is 0 Å². The molecule has 0 aliphatic rings. The Morgan fingerprint density at radius 1 is 0.812 bits per heavy atom. The van der Waals surface area contributed by atoms with Gasteiger partial charge in [0.2, 0.25) is 0 Å². The molecule has 0 spiro atoms. The number of hydrogen-bond donors (Lipinski definition) is 3. The minimum atomic E-state index is 0.169. The van der Waals surface area contributed by atoms with Gasteiger partial charge in [-0.15, -0.1) is 0 Å². The Balaban J connectivity index is 0.000000160. The SMILES string of the molecule is Cc1ccccc1N.Oc1ccc(O)cc1. The van der Waals surface area contributed by atoms with Gasteiger partial charge < -0.3 is 15.9 Å². The topological polar surface area (TPSA) is 66.5 Å². The number of anilines is 1. The lowest BCUT2D eigenvalue weighted by Crippen LogP contribution is -1.85. The highest BCUT2D eigenvalue weighted by Gasteiger charge is 1.85. The van der Waals surface area contributed by atoms with E-state index in [-0.39, 0.29) is 11.5 Å². The van der Waals surface area contributed by atoms with Crippen molar-refractivity contribution in [2.24, 2.45) is 0 Å². The van der Waals surface area contributed by atoms with Crippen molar-refractivity contribution in [3.63, 3.8) is 0 Å². The van der Waals surface area contributed by atoms with E-state index in [1.807, 2.05) is 31.2 Å². The van der Waals surface area contributed by atoms with Crippen LogP contribution in [0.2, 0.25) is 0 Å². The van der Waals surface area contributed by atoms with Crippen molar-refractivity contribution in [3.8, 4) is 11.5 Å². The number of aryl methyl sites for hydroxylation is 1. The predicted molar refractivity (Wildman–Crippen MR) is 65.4 cm³/mol. The average molecular weight is 217 g/mol. The highest BCUT2D eigenvalue weighted by molar-refractivity contribution is 5.44. The lowest BCUT2D eigenvalue weighted by molar-refractivity contribution is 0.460. The molecule has 3 heteroatoms. The molecule has 0 amide bonds. The summed E-state index contributed by atoms with van der Waals surface area (Å²) in [5.41, 5.74) is 7.53. The number of phenolic OH excluding ortho intramolecular Hbond substituents is 2. The first-order chi connectivity index (χ1) is 7.59. The molecular weight excluding hydrogens is 202 g/mol. The molecule has 2 aromatic rings. The van der Waals surface area contributed by atoms with Crippen LogP contribution in [-0.2, 0) is 0 Å². The van der Waals surface area contributed by atoms with Crippen LogP contribution in [-0.4, -0.2) is 10.2 Å². The van der Waals surface area contributed by atoms with Crippen molar-refractivity contribution in [3.05, 3.63) is 54.1 Å². The van der Waals surface area contributed by atoms with Gasteiger partial charge in [-0.3, -0.25) is 0 Å². The van der Waals surface area contributed by atoms with Crippen LogP contribution in [0.4, 0.5) is 5.69 Å². The fraction of sp³-hybridized carbons (Fsp3) is 0.0769. The first-order valence-corrected chi connectivity index (χ1v) is 4.88. The van der Waals surface area contributed by atoms with Crippen molar-refractivity contribution in [2.75, 3.05) is 5.73 Å². The molecule has 2 aromatic carbocycles. The number of nitrogens with two attached hydrogens (primary N) is 1. The van der Waals surface area contributed by atoms with Crippen LogP contribution in [0, 0.1) is 6.92 Å². The number of hydrogen-bond acceptors (Lipinski definition) is 3. The molecule has 0 unspecified atom stereocenters. The summed E-state index contributed by atoms with van der Waals surface area (Å²) < 4.78 is 0. The highest BCUT2D eigenvalue weighted by Crippen LogP contribution is 2.13. The van der Waals surface area contributed by atoms with E-state index in [4.69, 9.17) is 15.9 Å². The molecule has 0 aliphatic heterocycles. The van der Waals surface area contributed by atoms with Crippen LogP contribution >= 0.6 is 0 Å². The largest absolute Gasteiger partial charge is 0.508 e.